The number of rotatable bonds is 8. The number of carbonyl (C=O) groups excluding carboxylic acids is 2. The summed E-state index contributed by atoms with van der Waals surface area (Å²) in [6.07, 6.45) is 0.264. The van der Waals surface area contributed by atoms with E-state index in [0.717, 1.165) is 0 Å². The largest absolute Gasteiger partial charge is 0.496 e. The minimum atomic E-state index is -0.747. The lowest BCUT2D eigenvalue weighted by atomic mass is 10.2. The molecule has 1 rings (SSSR count). The van der Waals surface area contributed by atoms with E-state index in [9.17, 15) is 9.59 Å². The van der Waals surface area contributed by atoms with E-state index in [-0.39, 0.29) is 37.2 Å². The summed E-state index contributed by atoms with van der Waals surface area (Å²) in [7, 11) is 1.40. The minimum absolute atomic E-state index is 0.110. The summed E-state index contributed by atoms with van der Waals surface area (Å²) in [5.41, 5.74) is 0.110. The van der Waals surface area contributed by atoms with Crippen LogP contribution in [0.3, 0.4) is 0 Å². The Labute approximate surface area is 144 Å². The monoisotopic (exact) mass is 349 g/mol. The van der Waals surface area contributed by atoms with Crippen LogP contribution in [0, 0.1) is 22.7 Å². The highest BCUT2D eigenvalue weighted by atomic mass is 35.5. The number of benzene rings is 1. The van der Waals surface area contributed by atoms with E-state index in [1.54, 1.807) is 6.07 Å². The number of esters is 1. The first-order valence-corrected chi connectivity index (χ1v) is 7.43. The van der Waals surface area contributed by atoms with Gasteiger partial charge in [0.1, 0.15) is 11.3 Å². The van der Waals surface area contributed by atoms with Gasteiger partial charge < -0.3 is 14.4 Å². The van der Waals surface area contributed by atoms with Crippen molar-refractivity contribution in [2.75, 3.05) is 26.8 Å². The number of carbonyl (C=O) groups is 2. The number of nitriles is 2. The molecular formula is C16H16ClN3O4. The van der Waals surface area contributed by atoms with Gasteiger partial charge in [-0.15, -0.1) is 0 Å². The van der Waals surface area contributed by atoms with Crippen LogP contribution < -0.4 is 4.74 Å². The predicted molar refractivity (Wildman–Crippen MR) is 85.3 cm³/mol. The van der Waals surface area contributed by atoms with E-state index < -0.39 is 18.5 Å². The Kier molecular flexibility index (Phi) is 8.10. The van der Waals surface area contributed by atoms with Gasteiger partial charge >= 0.3 is 5.97 Å². The van der Waals surface area contributed by atoms with Gasteiger partial charge in [0.15, 0.2) is 6.61 Å². The van der Waals surface area contributed by atoms with Gasteiger partial charge in [0.05, 0.1) is 32.1 Å². The van der Waals surface area contributed by atoms with E-state index in [1.165, 1.54) is 24.1 Å². The summed E-state index contributed by atoms with van der Waals surface area (Å²) >= 11 is 5.85. The second kappa shape index (κ2) is 10.1. The third kappa shape index (κ3) is 5.79. The van der Waals surface area contributed by atoms with Gasteiger partial charge in [-0.1, -0.05) is 11.6 Å². The fraction of sp³-hybridized carbons (Fsp3) is 0.375. The summed E-state index contributed by atoms with van der Waals surface area (Å²) in [6, 6.07) is 8.32. The molecule has 0 radical (unpaired) electrons. The summed E-state index contributed by atoms with van der Waals surface area (Å²) in [5.74, 6) is -0.944. The standard InChI is InChI=1S/C16H16ClN3O4/c1-23-14-5-4-12(17)10-13(14)16(22)24-11-15(21)20(8-2-6-18)9-3-7-19/h4-5,10H,2-3,8-9,11H2,1H3. The molecule has 24 heavy (non-hydrogen) atoms. The maximum Gasteiger partial charge on any atom is 0.342 e. The van der Waals surface area contributed by atoms with E-state index in [1.807, 2.05) is 12.1 Å². The molecule has 0 saturated carbocycles. The average molecular weight is 350 g/mol. The third-order valence-corrected chi connectivity index (χ3v) is 3.28. The highest BCUT2D eigenvalue weighted by Gasteiger charge is 2.19. The van der Waals surface area contributed by atoms with Gasteiger partial charge in [0, 0.05) is 18.1 Å². The van der Waals surface area contributed by atoms with Crippen LogP contribution in [0.2, 0.25) is 5.02 Å². The molecule has 0 heterocycles. The molecule has 0 aliphatic heterocycles. The molecule has 0 fully saturated rings. The Morgan fingerprint density at radius 3 is 2.38 bits per heavy atom. The molecule has 0 atom stereocenters. The number of ether oxygens (including phenoxy) is 2. The Balaban J connectivity index is 2.70. The molecule has 1 aromatic rings. The Bertz CT molecular complexity index is 661. The van der Waals surface area contributed by atoms with Crippen LogP contribution in [0.15, 0.2) is 18.2 Å². The average Bonchev–Trinajstić information content (AvgIpc) is 2.59. The number of hydrogen-bond acceptors (Lipinski definition) is 6. The molecule has 0 aromatic heterocycles. The zero-order chi connectivity index (χ0) is 17.9. The van der Waals surface area contributed by atoms with E-state index in [0.29, 0.717) is 5.02 Å². The van der Waals surface area contributed by atoms with E-state index in [4.69, 9.17) is 31.6 Å². The van der Waals surface area contributed by atoms with Crippen LogP contribution >= 0.6 is 11.6 Å². The number of methoxy groups -OCH3 is 1. The second-order valence-corrected chi connectivity index (χ2v) is 5.05. The van der Waals surface area contributed by atoms with Gasteiger partial charge in [-0.2, -0.15) is 10.5 Å². The molecule has 1 amide bonds. The van der Waals surface area contributed by atoms with Gasteiger partial charge in [-0.25, -0.2) is 4.79 Å². The summed E-state index contributed by atoms with van der Waals surface area (Å²) in [6.45, 7) is -0.143. The van der Waals surface area contributed by atoms with Crippen LogP contribution in [-0.4, -0.2) is 43.6 Å². The maximum atomic E-state index is 12.1. The third-order valence-electron chi connectivity index (χ3n) is 3.05. The molecule has 8 heteroatoms. The number of amides is 1. The summed E-state index contributed by atoms with van der Waals surface area (Å²) in [4.78, 5) is 25.5. The first kappa shape index (κ1) is 19.3. The van der Waals surface area contributed by atoms with E-state index >= 15 is 0 Å². The van der Waals surface area contributed by atoms with Crippen molar-refractivity contribution in [3.05, 3.63) is 28.8 Å². The van der Waals surface area contributed by atoms with Crippen molar-refractivity contribution >= 4 is 23.5 Å². The van der Waals surface area contributed by atoms with Crippen LogP contribution in [0.4, 0.5) is 0 Å². The summed E-state index contributed by atoms with van der Waals surface area (Å²) < 4.78 is 10.0. The van der Waals surface area contributed by atoms with Crippen molar-refractivity contribution < 1.29 is 19.1 Å². The fourth-order valence-electron chi connectivity index (χ4n) is 1.87. The lowest BCUT2D eigenvalue weighted by Gasteiger charge is -2.20. The van der Waals surface area contributed by atoms with Crippen molar-refractivity contribution in [2.24, 2.45) is 0 Å². The van der Waals surface area contributed by atoms with Crippen molar-refractivity contribution in [1.29, 1.82) is 10.5 Å². The van der Waals surface area contributed by atoms with Gasteiger partial charge in [0.2, 0.25) is 0 Å². The minimum Gasteiger partial charge on any atom is -0.496 e. The smallest absolute Gasteiger partial charge is 0.342 e. The maximum absolute atomic E-state index is 12.1. The number of nitrogens with zero attached hydrogens (tertiary/aromatic N) is 3. The first-order valence-electron chi connectivity index (χ1n) is 7.05. The number of halogens is 1. The predicted octanol–water partition coefficient (Wildman–Crippen LogP) is 2.16. The lowest BCUT2D eigenvalue weighted by molar-refractivity contribution is -0.134. The zero-order valence-electron chi connectivity index (χ0n) is 13.1. The molecule has 7 nitrogen and oxygen atoms in total. The molecule has 126 valence electrons. The van der Waals surface area contributed by atoms with Crippen molar-refractivity contribution in [2.45, 2.75) is 12.8 Å². The van der Waals surface area contributed by atoms with Gasteiger partial charge in [-0.05, 0) is 18.2 Å². The van der Waals surface area contributed by atoms with Gasteiger partial charge in [-0.3, -0.25) is 4.79 Å². The Hall–Kier alpha value is -2.77. The summed E-state index contributed by atoms with van der Waals surface area (Å²) in [5, 5.41) is 17.5. The second-order valence-electron chi connectivity index (χ2n) is 4.62. The highest BCUT2D eigenvalue weighted by Crippen LogP contribution is 2.23. The molecule has 0 N–H and O–H groups in total. The van der Waals surface area contributed by atoms with Crippen LogP contribution in [0.5, 0.6) is 5.75 Å². The zero-order valence-corrected chi connectivity index (χ0v) is 13.9. The molecule has 0 unspecified atom stereocenters. The molecular weight excluding hydrogens is 334 g/mol. The topological polar surface area (TPSA) is 103 Å². The van der Waals surface area contributed by atoms with Crippen LogP contribution in [-0.2, 0) is 9.53 Å². The Morgan fingerprint density at radius 2 is 1.83 bits per heavy atom. The number of hydrogen-bond donors (Lipinski definition) is 0. The normalized spacial score (nSPS) is 9.50. The highest BCUT2D eigenvalue weighted by molar-refractivity contribution is 6.31. The van der Waals surface area contributed by atoms with Crippen molar-refractivity contribution in [1.82, 2.24) is 4.90 Å². The SMILES string of the molecule is COc1ccc(Cl)cc1C(=O)OCC(=O)N(CCC#N)CCC#N. The quantitative estimate of drug-likeness (QED) is 0.666. The molecule has 0 saturated heterocycles. The van der Waals surface area contributed by atoms with Crippen LogP contribution in [0.25, 0.3) is 0 Å². The lowest BCUT2D eigenvalue weighted by Crippen LogP contribution is -2.36. The van der Waals surface area contributed by atoms with Gasteiger partial charge in [0.25, 0.3) is 5.91 Å². The first-order chi connectivity index (χ1) is 11.5. The van der Waals surface area contributed by atoms with Crippen LogP contribution in [0.1, 0.15) is 23.2 Å². The Morgan fingerprint density at radius 1 is 1.21 bits per heavy atom. The van der Waals surface area contributed by atoms with Crippen molar-refractivity contribution in [3.8, 4) is 17.9 Å². The molecule has 0 spiro atoms. The molecule has 1 aromatic carbocycles. The molecule has 0 bridgehead atoms. The van der Waals surface area contributed by atoms with Crippen molar-refractivity contribution in [3.63, 3.8) is 0 Å². The fourth-order valence-corrected chi connectivity index (χ4v) is 2.04. The molecule has 0 aliphatic rings. The molecule has 0 aliphatic carbocycles. The van der Waals surface area contributed by atoms with E-state index in [2.05, 4.69) is 0 Å².